The van der Waals surface area contributed by atoms with Crippen LogP contribution in [-0.2, 0) is 15.6 Å². The van der Waals surface area contributed by atoms with Crippen LogP contribution in [0.1, 0.15) is 51.8 Å². The molecule has 0 bridgehead atoms. The maximum atomic E-state index is 9.17. The normalized spacial score (nSPS) is 16.3. The minimum absolute atomic E-state index is 0.142. The van der Waals surface area contributed by atoms with E-state index in [1.807, 2.05) is 0 Å². The van der Waals surface area contributed by atoms with E-state index in [1.54, 1.807) is 0 Å². The standard InChI is InChI=1S/2C28H21.C2H7Si.2ClH.Zr/c2*1-20-16-17-23-18-24(21-10-4-2-5-11-21)19-27(23)28(20)26-15-9-8-14-25(26)22-12-6-3-7-13-22;1-3-2;;;/h2*2-19H,1H3;3H,1-2H3;2*1H;/q;;;;;+2/p-2. The Bertz CT molecular complexity index is 2840. The third-order valence-electron chi connectivity index (χ3n) is 13.8. The topological polar surface area (TPSA) is 0 Å². The van der Waals surface area contributed by atoms with Gasteiger partial charge in [-0.05, 0) is 0 Å². The second-order valence-corrected chi connectivity index (χ2v) is 60.0. The molecular formula is C58H49Cl2SiZr. The molecule has 0 fully saturated rings. The van der Waals surface area contributed by atoms with Gasteiger partial charge in [0.05, 0.1) is 0 Å². The molecule has 10 rings (SSSR count). The van der Waals surface area contributed by atoms with E-state index in [9.17, 15) is 17.0 Å². The number of benzene rings is 8. The van der Waals surface area contributed by atoms with Gasteiger partial charge in [-0.1, -0.05) is 0 Å². The Hall–Kier alpha value is -5.08. The van der Waals surface area contributed by atoms with Crippen LogP contribution in [0.2, 0.25) is 13.1 Å². The molecule has 0 amide bonds. The summed E-state index contributed by atoms with van der Waals surface area (Å²) in [4.78, 5) is 0. The Labute approximate surface area is 376 Å². The van der Waals surface area contributed by atoms with Crippen molar-refractivity contribution >= 4 is 46.2 Å². The van der Waals surface area contributed by atoms with Crippen LogP contribution < -0.4 is 0 Å². The van der Waals surface area contributed by atoms with Crippen LogP contribution in [0.5, 0.6) is 0 Å². The zero-order valence-electron chi connectivity index (χ0n) is 35.6. The molecule has 0 heterocycles. The molecule has 2 unspecified atom stereocenters. The average molecular weight is 936 g/mol. The molecule has 2 atom stereocenters. The van der Waals surface area contributed by atoms with Crippen molar-refractivity contribution in [1.82, 2.24) is 0 Å². The quantitative estimate of drug-likeness (QED) is 0.127. The predicted octanol–water partition coefficient (Wildman–Crippen LogP) is 16.8. The molecular weight excluding hydrogens is 887 g/mol. The van der Waals surface area contributed by atoms with Gasteiger partial charge in [-0.15, -0.1) is 0 Å². The van der Waals surface area contributed by atoms with Crippen LogP contribution in [0.4, 0.5) is 0 Å². The van der Waals surface area contributed by atoms with Crippen molar-refractivity contribution in [3.63, 3.8) is 0 Å². The molecule has 62 heavy (non-hydrogen) atoms. The van der Waals surface area contributed by atoms with E-state index >= 15 is 0 Å². The average Bonchev–Trinajstić information content (AvgIpc) is 3.91. The molecule has 0 aromatic heterocycles. The zero-order chi connectivity index (χ0) is 42.6. The van der Waals surface area contributed by atoms with Crippen molar-refractivity contribution in [2.24, 2.45) is 0 Å². The second kappa shape index (κ2) is 16.2. The number of fused-ring (bicyclic) bond motifs is 2. The van der Waals surface area contributed by atoms with Gasteiger partial charge in [0.2, 0.25) is 0 Å². The SMILES string of the molecule is Cc1ccc2c(c1-c1ccccc1-c1ccccc1)C=C(c1ccccc1)[CH]2[Zr]([Cl])([Cl])([CH]1C(c2ccccc2)=Cc2c1ccc(C)c2-c1ccccc1-c1ccccc1)[SiH](C)C. The van der Waals surface area contributed by atoms with E-state index in [4.69, 9.17) is 0 Å². The Morgan fingerprint density at radius 2 is 0.677 bits per heavy atom. The number of hydrogen-bond donors (Lipinski definition) is 0. The van der Waals surface area contributed by atoms with Gasteiger partial charge >= 0.3 is 379 Å². The molecule has 0 aliphatic heterocycles. The van der Waals surface area contributed by atoms with E-state index < -0.39 is 21.5 Å². The van der Waals surface area contributed by atoms with Crippen molar-refractivity contribution in [2.75, 3.05) is 0 Å². The van der Waals surface area contributed by atoms with Crippen LogP contribution in [0.15, 0.2) is 194 Å². The molecule has 0 saturated carbocycles. The Morgan fingerprint density at radius 3 is 1.02 bits per heavy atom. The minimum atomic E-state index is -5.36. The number of aryl methyl sites for hydroxylation is 2. The van der Waals surface area contributed by atoms with E-state index in [1.165, 1.54) is 100 Å². The van der Waals surface area contributed by atoms with Crippen molar-refractivity contribution in [1.29, 1.82) is 0 Å². The number of rotatable bonds is 9. The molecule has 2 aliphatic carbocycles. The van der Waals surface area contributed by atoms with Gasteiger partial charge in [0, 0.05) is 0 Å². The Balaban J connectivity index is 1.26. The van der Waals surface area contributed by atoms with Crippen LogP contribution in [-0.4, -0.2) is 5.92 Å². The van der Waals surface area contributed by atoms with E-state index in [2.05, 4.69) is 233 Å². The molecule has 8 aromatic rings. The summed E-state index contributed by atoms with van der Waals surface area (Å²) >= 11 is -5.36. The predicted molar refractivity (Wildman–Crippen MR) is 269 cm³/mol. The van der Waals surface area contributed by atoms with Crippen LogP contribution in [0.25, 0.3) is 67.8 Å². The zero-order valence-corrected chi connectivity index (χ0v) is 40.7. The summed E-state index contributed by atoms with van der Waals surface area (Å²) < 4.78 is -0.284. The molecule has 0 nitrogen and oxygen atoms in total. The van der Waals surface area contributed by atoms with Crippen molar-refractivity contribution in [3.05, 3.63) is 239 Å². The fourth-order valence-corrected chi connectivity index (χ4v) is 40.9. The monoisotopic (exact) mass is 933 g/mol. The summed E-state index contributed by atoms with van der Waals surface area (Å²) in [6, 6.07) is 70.6. The molecule has 0 radical (unpaired) electrons. The Morgan fingerprint density at radius 1 is 0.371 bits per heavy atom. The molecule has 303 valence electrons. The summed E-state index contributed by atoms with van der Waals surface area (Å²) in [6.07, 6.45) is 4.96. The Kier molecular flexibility index (Phi) is 10.7. The summed E-state index contributed by atoms with van der Waals surface area (Å²) in [5.74, 6) is -1.93. The fourth-order valence-electron chi connectivity index (χ4n) is 10.8. The van der Waals surface area contributed by atoms with Crippen molar-refractivity contribution < 1.29 is 15.6 Å². The third-order valence-corrected chi connectivity index (χ3v) is 65.4. The van der Waals surface area contributed by atoms with Gasteiger partial charge in [0.25, 0.3) is 0 Å². The summed E-state index contributed by atoms with van der Waals surface area (Å²) in [5, 5.41) is 0. The number of hydrogen-bond acceptors (Lipinski definition) is 0. The van der Waals surface area contributed by atoms with Gasteiger partial charge < -0.3 is 0 Å². The van der Waals surface area contributed by atoms with E-state index in [-0.39, 0.29) is 7.25 Å². The number of halogens is 2. The molecule has 4 heteroatoms. The first-order chi connectivity index (χ1) is 30.1. The second-order valence-electron chi connectivity index (χ2n) is 17.5. The van der Waals surface area contributed by atoms with E-state index in [0.29, 0.717) is 0 Å². The van der Waals surface area contributed by atoms with Gasteiger partial charge in [-0.3, -0.25) is 0 Å². The number of allylic oxidation sites excluding steroid dienone is 2. The summed E-state index contributed by atoms with van der Waals surface area (Å²) in [7, 11) is 18.3. The van der Waals surface area contributed by atoms with Crippen LogP contribution in [0, 0.1) is 13.8 Å². The third kappa shape index (κ3) is 6.65. The van der Waals surface area contributed by atoms with Gasteiger partial charge in [0.1, 0.15) is 0 Å². The summed E-state index contributed by atoms with van der Waals surface area (Å²) in [5.41, 5.74) is 22.2. The molecule has 0 N–H and O–H groups in total. The molecule has 2 aliphatic rings. The van der Waals surface area contributed by atoms with E-state index in [0.717, 1.165) is 0 Å². The first-order valence-electron chi connectivity index (χ1n) is 21.8. The van der Waals surface area contributed by atoms with Gasteiger partial charge in [-0.25, -0.2) is 0 Å². The first-order valence-corrected chi connectivity index (χ1v) is 38.1. The molecule has 8 aromatic carbocycles. The maximum absolute atomic E-state index is 9.17. The fraction of sp³-hybridized carbons (Fsp3) is 0.103. The van der Waals surface area contributed by atoms with Crippen molar-refractivity contribution in [2.45, 2.75) is 34.2 Å². The molecule has 0 saturated heterocycles. The first kappa shape index (κ1) is 41.0. The van der Waals surface area contributed by atoms with Gasteiger partial charge in [-0.2, -0.15) is 0 Å². The van der Waals surface area contributed by atoms with Crippen molar-refractivity contribution in [3.8, 4) is 44.5 Å². The van der Waals surface area contributed by atoms with Crippen LogP contribution >= 0.6 is 17.0 Å². The van der Waals surface area contributed by atoms with Gasteiger partial charge in [0.15, 0.2) is 0 Å². The molecule has 0 spiro atoms. The summed E-state index contributed by atoms with van der Waals surface area (Å²) in [6.45, 7) is 9.41. The van der Waals surface area contributed by atoms with Crippen LogP contribution in [0.3, 0.4) is 0 Å².